The van der Waals surface area contributed by atoms with Crippen LogP contribution in [-0.2, 0) is 0 Å². The minimum atomic E-state index is -0.696. The van der Waals surface area contributed by atoms with Gasteiger partial charge < -0.3 is 15.7 Å². The van der Waals surface area contributed by atoms with Gasteiger partial charge in [0, 0.05) is 18.6 Å². The second kappa shape index (κ2) is 8.15. The van der Waals surface area contributed by atoms with Crippen molar-refractivity contribution in [1.82, 2.24) is 15.5 Å². The monoisotopic (exact) mass is 307 g/mol. The zero-order chi connectivity index (χ0) is 16.8. The molecule has 0 bridgehead atoms. The van der Waals surface area contributed by atoms with E-state index < -0.39 is 6.10 Å². The number of benzene rings is 1. The van der Waals surface area contributed by atoms with Gasteiger partial charge >= 0.3 is 6.03 Å². The minimum absolute atomic E-state index is 0.110. The van der Waals surface area contributed by atoms with Crippen molar-refractivity contribution in [1.29, 1.82) is 0 Å². The molecule has 1 rings (SSSR count). The number of aryl methyl sites for hydroxylation is 1. The molecule has 124 valence electrons. The van der Waals surface area contributed by atoms with E-state index in [0.717, 1.165) is 17.7 Å². The summed E-state index contributed by atoms with van der Waals surface area (Å²) < 4.78 is 0. The van der Waals surface area contributed by atoms with Crippen LogP contribution < -0.4 is 10.6 Å². The average molecular weight is 307 g/mol. The molecule has 0 heterocycles. The molecule has 5 nitrogen and oxygen atoms in total. The molecule has 5 heteroatoms. The Morgan fingerprint density at radius 2 is 1.95 bits per heavy atom. The molecular weight excluding hydrogens is 278 g/mol. The van der Waals surface area contributed by atoms with Crippen molar-refractivity contribution >= 4 is 6.03 Å². The van der Waals surface area contributed by atoms with E-state index in [9.17, 15) is 9.90 Å². The Hall–Kier alpha value is -1.59. The molecule has 0 aliphatic carbocycles. The molecule has 0 spiro atoms. The Bertz CT molecular complexity index is 489. The number of aliphatic hydroxyl groups is 1. The summed E-state index contributed by atoms with van der Waals surface area (Å²) in [5.41, 5.74) is 1.75. The molecule has 0 saturated heterocycles. The number of carbonyl (C=O) groups is 1. The lowest BCUT2D eigenvalue weighted by atomic mass is 10.0. The molecule has 1 aromatic rings. The summed E-state index contributed by atoms with van der Waals surface area (Å²) >= 11 is 0. The van der Waals surface area contributed by atoms with E-state index in [1.54, 1.807) is 0 Å². The zero-order valence-electron chi connectivity index (χ0n) is 14.3. The van der Waals surface area contributed by atoms with Gasteiger partial charge in [-0.15, -0.1) is 0 Å². The zero-order valence-corrected chi connectivity index (χ0v) is 14.3. The molecule has 0 radical (unpaired) electrons. The van der Waals surface area contributed by atoms with Crippen LogP contribution in [-0.4, -0.2) is 48.3 Å². The third-order valence-corrected chi connectivity index (χ3v) is 4.19. The molecular formula is C17H29N3O2. The summed E-state index contributed by atoms with van der Waals surface area (Å²) in [4.78, 5) is 14.0. The van der Waals surface area contributed by atoms with E-state index in [-0.39, 0.29) is 18.1 Å². The molecule has 0 aromatic heterocycles. The molecule has 22 heavy (non-hydrogen) atoms. The van der Waals surface area contributed by atoms with E-state index >= 15 is 0 Å². The maximum Gasteiger partial charge on any atom is 0.314 e. The van der Waals surface area contributed by atoms with Gasteiger partial charge in [0.15, 0.2) is 0 Å². The molecule has 0 fully saturated rings. The van der Waals surface area contributed by atoms with Crippen LogP contribution in [0.3, 0.4) is 0 Å². The lowest BCUT2D eigenvalue weighted by Crippen LogP contribution is -2.51. The number of hydrogen-bond donors (Lipinski definition) is 3. The van der Waals surface area contributed by atoms with Gasteiger partial charge in [-0.2, -0.15) is 0 Å². The number of rotatable bonds is 7. The van der Waals surface area contributed by atoms with Gasteiger partial charge in [0.25, 0.3) is 0 Å². The van der Waals surface area contributed by atoms with Crippen LogP contribution >= 0.6 is 0 Å². The number of urea groups is 1. The Kier molecular flexibility index (Phi) is 6.84. The lowest BCUT2D eigenvalue weighted by Gasteiger charge is -2.35. The Labute approximate surface area is 133 Å². The van der Waals surface area contributed by atoms with Gasteiger partial charge in [0.1, 0.15) is 0 Å². The summed E-state index contributed by atoms with van der Waals surface area (Å²) in [5.74, 6) is 0. The van der Waals surface area contributed by atoms with Crippen LogP contribution in [0.25, 0.3) is 0 Å². The number of amides is 2. The van der Waals surface area contributed by atoms with Crippen LogP contribution in [0.1, 0.15) is 38.0 Å². The van der Waals surface area contributed by atoms with Crippen LogP contribution in [0, 0.1) is 6.92 Å². The number of carbonyl (C=O) groups excluding carboxylic acids is 1. The number of aliphatic hydroxyl groups excluding tert-OH is 1. The van der Waals surface area contributed by atoms with Crippen molar-refractivity contribution in [2.45, 2.75) is 39.3 Å². The third kappa shape index (κ3) is 5.31. The second-order valence-electron chi connectivity index (χ2n) is 6.26. The fraction of sp³-hybridized carbons (Fsp3) is 0.588. The first-order valence-corrected chi connectivity index (χ1v) is 7.74. The predicted octanol–water partition coefficient (Wildman–Crippen LogP) is 2.06. The average Bonchev–Trinajstić information content (AvgIpc) is 2.50. The van der Waals surface area contributed by atoms with Gasteiger partial charge in [0.2, 0.25) is 0 Å². The summed E-state index contributed by atoms with van der Waals surface area (Å²) in [7, 11) is 2.03. The number of nitrogens with zero attached hydrogens (tertiary/aromatic N) is 1. The Morgan fingerprint density at radius 3 is 2.55 bits per heavy atom. The van der Waals surface area contributed by atoms with Gasteiger partial charge in [-0.3, -0.25) is 4.90 Å². The van der Waals surface area contributed by atoms with E-state index in [1.165, 1.54) is 0 Å². The first-order valence-electron chi connectivity index (χ1n) is 7.74. The van der Waals surface area contributed by atoms with Crippen LogP contribution in [0.4, 0.5) is 4.79 Å². The fourth-order valence-corrected chi connectivity index (χ4v) is 2.18. The van der Waals surface area contributed by atoms with E-state index in [4.69, 9.17) is 0 Å². The highest BCUT2D eigenvalue weighted by atomic mass is 16.3. The van der Waals surface area contributed by atoms with Crippen LogP contribution in [0.15, 0.2) is 24.3 Å². The maximum atomic E-state index is 11.9. The normalized spacial score (nSPS) is 13.0. The van der Waals surface area contributed by atoms with E-state index in [2.05, 4.69) is 36.3 Å². The molecule has 2 amide bonds. The highest BCUT2D eigenvalue weighted by Crippen LogP contribution is 2.16. The quantitative estimate of drug-likeness (QED) is 0.722. The molecule has 0 unspecified atom stereocenters. The summed E-state index contributed by atoms with van der Waals surface area (Å²) in [6.45, 7) is 9.85. The molecule has 0 saturated carbocycles. The molecule has 0 aliphatic heterocycles. The maximum absolute atomic E-state index is 11.9. The molecule has 0 aliphatic rings. The fourth-order valence-electron chi connectivity index (χ4n) is 2.18. The molecule has 1 atom stereocenters. The smallest absolute Gasteiger partial charge is 0.314 e. The van der Waals surface area contributed by atoms with Crippen molar-refractivity contribution in [3.05, 3.63) is 35.4 Å². The predicted molar refractivity (Wildman–Crippen MR) is 89.9 cm³/mol. The first kappa shape index (κ1) is 18.5. The number of nitrogens with one attached hydrogen (secondary N) is 2. The highest BCUT2D eigenvalue weighted by molar-refractivity contribution is 5.73. The second-order valence-corrected chi connectivity index (χ2v) is 6.26. The Morgan fingerprint density at radius 1 is 1.32 bits per heavy atom. The highest BCUT2D eigenvalue weighted by Gasteiger charge is 2.22. The van der Waals surface area contributed by atoms with E-state index in [1.807, 2.05) is 38.2 Å². The third-order valence-electron chi connectivity index (χ3n) is 4.19. The summed E-state index contributed by atoms with van der Waals surface area (Å²) in [5, 5.41) is 15.7. The number of likely N-dealkylation sites (N-methyl/N-ethyl adjacent to an activating group) is 1. The largest absolute Gasteiger partial charge is 0.387 e. The van der Waals surface area contributed by atoms with E-state index in [0.29, 0.717) is 6.54 Å². The van der Waals surface area contributed by atoms with Crippen LogP contribution in [0.2, 0.25) is 0 Å². The van der Waals surface area contributed by atoms with Gasteiger partial charge in [-0.05, 0) is 45.5 Å². The van der Waals surface area contributed by atoms with Crippen molar-refractivity contribution in [2.24, 2.45) is 0 Å². The van der Waals surface area contributed by atoms with Gasteiger partial charge in [0.05, 0.1) is 6.10 Å². The topological polar surface area (TPSA) is 64.6 Å². The summed E-state index contributed by atoms with van der Waals surface area (Å²) in [6.07, 6.45) is -0.696. The van der Waals surface area contributed by atoms with Gasteiger partial charge in [-0.1, -0.05) is 31.2 Å². The summed E-state index contributed by atoms with van der Waals surface area (Å²) in [6, 6.07) is 7.37. The van der Waals surface area contributed by atoms with Crippen molar-refractivity contribution in [3.8, 4) is 0 Å². The van der Waals surface area contributed by atoms with Crippen molar-refractivity contribution in [3.63, 3.8) is 0 Å². The lowest BCUT2D eigenvalue weighted by molar-refractivity contribution is 0.156. The minimum Gasteiger partial charge on any atom is -0.387 e. The standard InChI is InChI=1S/C17H29N3O2/c1-6-20(5)17(3,4)12-19-16(22)18-11-15(21)14-10-8-7-9-13(14)2/h7-10,15,21H,6,11-12H2,1-5H3,(H2,18,19,22)/t15-/m1/s1. The molecule has 1 aromatic carbocycles. The number of hydrogen-bond acceptors (Lipinski definition) is 3. The SMILES string of the molecule is CCN(C)C(C)(C)CNC(=O)NC[C@@H](O)c1ccccc1C. The van der Waals surface area contributed by atoms with Crippen molar-refractivity contribution < 1.29 is 9.90 Å². The first-order chi connectivity index (χ1) is 10.3. The molecule has 3 N–H and O–H groups in total. The Balaban J connectivity index is 2.42. The van der Waals surface area contributed by atoms with Crippen molar-refractivity contribution in [2.75, 3.05) is 26.7 Å². The van der Waals surface area contributed by atoms with Gasteiger partial charge in [-0.25, -0.2) is 4.79 Å². The van der Waals surface area contributed by atoms with Crippen LogP contribution in [0.5, 0.6) is 0 Å².